The quantitative estimate of drug-likeness (QED) is 0.875. The average molecular weight is 267 g/mol. The zero-order chi connectivity index (χ0) is 12.5. The number of aromatic carboxylic acids is 1. The summed E-state index contributed by atoms with van der Waals surface area (Å²) in [5, 5.41) is 13.0. The number of nitrogens with one attached hydrogen (secondary N) is 1. The number of rotatable bonds is 3. The molecular formula is C12H17N3O2S. The van der Waals surface area contributed by atoms with Crippen molar-refractivity contribution in [1.29, 1.82) is 0 Å². The van der Waals surface area contributed by atoms with Crippen molar-refractivity contribution in [1.82, 2.24) is 9.88 Å². The highest BCUT2D eigenvalue weighted by atomic mass is 32.1. The van der Waals surface area contributed by atoms with E-state index in [9.17, 15) is 4.79 Å². The van der Waals surface area contributed by atoms with Crippen LogP contribution in [0.3, 0.4) is 0 Å². The zero-order valence-electron chi connectivity index (χ0n) is 10.1. The van der Waals surface area contributed by atoms with E-state index in [1.807, 2.05) is 0 Å². The first-order chi connectivity index (χ1) is 8.72. The van der Waals surface area contributed by atoms with Crippen LogP contribution in [0.5, 0.6) is 0 Å². The smallest absolute Gasteiger partial charge is 0.347 e. The predicted molar refractivity (Wildman–Crippen MR) is 70.3 cm³/mol. The van der Waals surface area contributed by atoms with E-state index in [0.717, 1.165) is 30.6 Å². The second kappa shape index (κ2) is 4.85. The average Bonchev–Trinajstić information content (AvgIpc) is 2.96. The lowest BCUT2D eigenvalue weighted by atomic mass is 9.98. The lowest BCUT2D eigenvalue weighted by molar-refractivity contribution is 0.0702. The molecule has 0 bridgehead atoms. The predicted octanol–water partition coefficient (Wildman–Crippen LogP) is 1.88. The Morgan fingerprint density at radius 3 is 3.17 bits per heavy atom. The highest BCUT2D eigenvalue weighted by Gasteiger charge is 2.31. The van der Waals surface area contributed by atoms with Crippen molar-refractivity contribution >= 4 is 22.4 Å². The number of fused-ring (bicyclic) bond motifs is 1. The normalized spacial score (nSPS) is 28.0. The van der Waals surface area contributed by atoms with Crippen LogP contribution in [0, 0.1) is 0 Å². The molecule has 0 amide bonds. The number of nitrogens with zero attached hydrogens (tertiary/aromatic N) is 2. The summed E-state index contributed by atoms with van der Waals surface area (Å²) in [6.07, 6.45) is 6.33. The Hall–Kier alpha value is -1.14. The molecule has 2 saturated heterocycles. The second-order valence-electron chi connectivity index (χ2n) is 5.03. The molecule has 3 rings (SSSR count). The van der Waals surface area contributed by atoms with E-state index in [0.29, 0.717) is 10.9 Å². The lowest BCUT2D eigenvalue weighted by Crippen LogP contribution is -2.42. The summed E-state index contributed by atoms with van der Waals surface area (Å²) in [6.45, 7) is 2.40. The van der Waals surface area contributed by atoms with Crippen LogP contribution in [0.2, 0.25) is 0 Å². The first kappa shape index (κ1) is 11.9. The molecule has 5 nitrogen and oxygen atoms in total. The van der Waals surface area contributed by atoms with Gasteiger partial charge in [0.25, 0.3) is 0 Å². The van der Waals surface area contributed by atoms with E-state index in [4.69, 9.17) is 5.11 Å². The van der Waals surface area contributed by atoms with Crippen LogP contribution in [0.1, 0.15) is 35.4 Å². The molecule has 1 aromatic heterocycles. The van der Waals surface area contributed by atoms with Crippen molar-refractivity contribution in [3.63, 3.8) is 0 Å². The summed E-state index contributed by atoms with van der Waals surface area (Å²) in [5.41, 5.74) is 0. The highest BCUT2D eigenvalue weighted by molar-refractivity contribution is 7.17. The van der Waals surface area contributed by atoms with E-state index in [-0.39, 0.29) is 0 Å². The maximum atomic E-state index is 10.8. The van der Waals surface area contributed by atoms with E-state index >= 15 is 0 Å². The Kier molecular flexibility index (Phi) is 3.22. The van der Waals surface area contributed by atoms with Crippen LogP contribution < -0.4 is 5.32 Å². The Morgan fingerprint density at radius 1 is 1.50 bits per heavy atom. The molecule has 98 valence electrons. The first-order valence-electron chi connectivity index (χ1n) is 6.42. The van der Waals surface area contributed by atoms with Gasteiger partial charge in [-0.25, -0.2) is 9.78 Å². The molecular weight excluding hydrogens is 250 g/mol. The molecule has 2 atom stereocenters. The van der Waals surface area contributed by atoms with Crippen LogP contribution in [0.15, 0.2) is 6.20 Å². The fourth-order valence-electron chi connectivity index (χ4n) is 2.97. The number of hydrogen-bond acceptors (Lipinski definition) is 5. The molecule has 0 aromatic carbocycles. The molecule has 2 aliphatic heterocycles. The third-order valence-electron chi connectivity index (χ3n) is 3.86. The van der Waals surface area contributed by atoms with Gasteiger partial charge in [0.05, 0.1) is 6.20 Å². The van der Waals surface area contributed by atoms with E-state index in [1.54, 1.807) is 0 Å². The van der Waals surface area contributed by atoms with Gasteiger partial charge < -0.3 is 15.3 Å². The Bertz CT molecular complexity index is 448. The third-order valence-corrected chi connectivity index (χ3v) is 4.78. The molecule has 2 fully saturated rings. The van der Waals surface area contributed by atoms with Crippen molar-refractivity contribution in [2.24, 2.45) is 0 Å². The summed E-state index contributed by atoms with van der Waals surface area (Å²) in [5.74, 6) is -0.897. The highest BCUT2D eigenvalue weighted by Crippen LogP contribution is 2.29. The van der Waals surface area contributed by atoms with Gasteiger partial charge in [0, 0.05) is 18.6 Å². The molecule has 0 radical (unpaired) electrons. The fourth-order valence-corrected chi connectivity index (χ4v) is 3.70. The standard InChI is InChI=1S/C12H17N3O2S/c16-11(17)10-7-13-12(18-10)14-8-3-5-15-4-1-2-9(15)6-8/h7-9H,1-6H2,(H,13,14)(H,16,17). The van der Waals surface area contributed by atoms with E-state index < -0.39 is 5.97 Å². The van der Waals surface area contributed by atoms with Gasteiger partial charge in [-0.05, 0) is 32.2 Å². The van der Waals surface area contributed by atoms with Crippen LogP contribution >= 0.6 is 11.3 Å². The van der Waals surface area contributed by atoms with Crippen molar-refractivity contribution in [2.45, 2.75) is 37.8 Å². The second-order valence-corrected chi connectivity index (χ2v) is 6.06. The molecule has 6 heteroatoms. The molecule has 0 spiro atoms. The van der Waals surface area contributed by atoms with Gasteiger partial charge in [-0.2, -0.15) is 0 Å². The summed E-state index contributed by atoms with van der Waals surface area (Å²) in [6, 6.07) is 1.16. The van der Waals surface area contributed by atoms with Crippen LogP contribution in [0.4, 0.5) is 5.13 Å². The molecule has 18 heavy (non-hydrogen) atoms. The number of carboxylic acids is 1. The molecule has 1 aromatic rings. The van der Waals surface area contributed by atoms with Gasteiger partial charge >= 0.3 is 5.97 Å². The fraction of sp³-hybridized carbons (Fsp3) is 0.667. The minimum Gasteiger partial charge on any atom is -0.477 e. The molecule has 3 heterocycles. The topological polar surface area (TPSA) is 65.5 Å². The lowest BCUT2D eigenvalue weighted by Gasteiger charge is -2.35. The van der Waals surface area contributed by atoms with Crippen LogP contribution in [-0.4, -0.2) is 46.1 Å². The van der Waals surface area contributed by atoms with Crippen molar-refractivity contribution in [2.75, 3.05) is 18.4 Å². The largest absolute Gasteiger partial charge is 0.477 e. The van der Waals surface area contributed by atoms with Crippen LogP contribution in [0.25, 0.3) is 0 Å². The van der Waals surface area contributed by atoms with Gasteiger partial charge in [0.1, 0.15) is 4.88 Å². The maximum Gasteiger partial charge on any atom is 0.347 e. The number of aromatic nitrogens is 1. The SMILES string of the molecule is O=C(O)c1cnc(NC2CCN3CCCC3C2)s1. The zero-order valence-corrected chi connectivity index (χ0v) is 10.9. The molecule has 2 N–H and O–H groups in total. The number of anilines is 1. The van der Waals surface area contributed by atoms with Gasteiger partial charge in [0.15, 0.2) is 5.13 Å². The number of carbonyl (C=O) groups is 1. The Balaban J connectivity index is 1.60. The summed E-state index contributed by atoms with van der Waals surface area (Å²) in [4.78, 5) is 17.8. The maximum absolute atomic E-state index is 10.8. The first-order valence-corrected chi connectivity index (χ1v) is 7.24. The number of carboxylic acid groups (broad SMARTS) is 1. The van der Waals surface area contributed by atoms with Gasteiger partial charge in [-0.1, -0.05) is 11.3 Å². The minimum absolute atomic E-state index is 0.302. The van der Waals surface area contributed by atoms with Gasteiger partial charge in [0.2, 0.25) is 0 Å². The minimum atomic E-state index is -0.897. The van der Waals surface area contributed by atoms with E-state index in [2.05, 4.69) is 15.2 Å². The molecule has 0 aliphatic carbocycles. The van der Waals surface area contributed by atoms with Crippen molar-refractivity contribution in [3.8, 4) is 0 Å². The Morgan fingerprint density at radius 2 is 2.39 bits per heavy atom. The molecule has 2 unspecified atom stereocenters. The molecule has 2 aliphatic rings. The Labute approximate surface area is 110 Å². The van der Waals surface area contributed by atoms with Crippen molar-refractivity contribution in [3.05, 3.63) is 11.1 Å². The van der Waals surface area contributed by atoms with Crippen molar-refractivity contribution < 1.29 is 9.90 Å². The number of hydrogen-bond donors (Lipinski definition) is 2. The van der Waals surface area contributed by atoms with Crippen LogP contribution in [-0.2, 0) is 0 Å². The van der Waals surface area contributed by atoms with Gasteiger partial charge in [-0.15, -0.1) is 0 Å². The molecule has 0 saturated carbocycles. The summed E-state index contributed by atoms with van der Waals surface area (Å²) < 4.78 is 0. The summed E-state index contributed by atoms with van der Waals surface area (Å²) >= 11 is 1.22. The monoisotopic (exact) mass is 267 g/mol. The van der Waals surface area contributed by atoms with E-state index in [1.165, 1.54) is 36.9 Å². The third kappa shape index (κ3) is 2.35. The van der Waals surface area contributed by atoms with Gasteiger partial charge in [-0.3, -0.25) is 0 Å². The number of thiazole rings is 1. The number of piperidine rings is 1. The summed E-state index contributed by atoms with van der Waals surface area (Å²) in [7, 11) is 0.